The number of thiocarbonyl (C=S) groups is 1. The molecule has 3 N–H and O–H groups in total. The van der Waals surface area contributed by atoms with Crippen LogP contribution in [-0.4, -0.2) is 10.0 Å². The Kier molecular flexibility index (Phi) is 5.66. The third kappa shape index (κ3) is 4.60. The van der Waals surface area contributed by atoms with E-state index in [0.717, 1.165) is 28.9 Å². The highest BCUT2D eigenvalue weighted by molar-refractivity contribution is 7.80. The summed E-state index contributed by atoms with van der Waals surface area (Å²) in [5.41, 5.74) is 5.78. The molecule has 0 amide bonds. The van der Waals surface area contributed by atoms with Gasteiger partial charge in [0.25, 0.3) is 5.69 Å². The van der Waals surface area contributed by atoms with Crippen LogP contribution in [0.1, 0.15) is 16.7 Å². The van der Waals surface area contributed by atoms with Crippen molar-refractivity contribution in [2.45, 2.75) is 20.0 Å². The Morgan fingerprint density at radius 2 is 1.85 bits per heavy atom. The molecule has 10 heteroatoms. The van der Waals surface area contributed by atoms with Crippen molar-refractivity contribution in [2.24, 2.45) is 0 Å². The number of nitro groups is 1. The molecule has 0 aromatic heterocycles. The Hall–Kier alpha value is -2.88. The van der Waals surface area contributed by atoms with E-state index in [1.807, 2.05) is 26.0 Å². The minimum atomic E-state index is -4.67. The summed E-state index contributed by atoms with van der Waals surface area (Å²) in [6.07, 6.45) is -4.67. The van der Waals surface area contributed by atoms with Crippen LogP contribution < -0.4 is 16.2 Å². The van der Waals surface area contributed by atoms with Gasteiger partial charge in [0.05, 0.1) is 10.5 Å². The molecule has 0 heterocycles. The first kappa shape index (κ1) is 19.4. The van der Waals surface area contributed by atoms with Gasteiger partial charge in [0, 0.05) is 11.8 Å². The van der Waals surface area contributed by atoms with Gasteiger partial charge in [0.15, 0.2) is 5.11 Å². The number of hydrogen-bond acceptors (Lipinski definition) is 4. The summed E-state index contributed by atoms with van der Waals surface area (Å²) in [6.45, 7) is 3.83. The topological polar surface area (TPSA) is 79.2 Å². The quantitative estimate of drug-likeness (QED) is 0.408. The molecule has 0 aliphatic rings. The second-order valence-electron chi connectivity index (χ2n) is 5.44. The fraction of sp³-hybridized carbons (Fsp3) is 0.188. The molecule has 0 unspecified atom stereocenters. The third-order valence-corrected chi connectivity index (χ3v) is 3.89. The monoisotopic (exact) mass is 384 g/mol. The number of alkyl halides is 3. The van der Waals surface area contributed by atoms with E-state index in [4.69, 9.17) is 12.2 Å². The first-order valence-corrected chi connectivity index (χ1v) is 7.75. The Morgan fingerprint density at radius 3 is 2.46 bits per heavy atom. The summed E-state index contributed by atoms with van der Waals surface area (Å²) < 4.78 is 38.1. The molecule has 0 atom stereocenters. The van der Waals surface area contributed by atoms with Gasteiger partial charge in [-0.1, -0.05) is 12.1 Å². The molecule has 2 rings (SSSR count). The molecule has 0 saturated carbocycles. The van der Waals surface area contributed by atoms with Crippen molar-refractivity contribution in [1.29, 1.82) is 0 Å². The molecule has 138 valence electrons. The van der Waals surface area contributed by atoms with Crippen molar-refractivity contribution >= 4 is 34.4 Å². The van der Waals surface area contributed by atoms with E-state index in [0.29, 0.717) is 6.07 Å². The molecule has 0 radical (unpaired) electrons. The van der Waals surface area contributed by atoms with Gasteiger partial charge in [-0.2, -0.15) is 13.2 Å². The van der Waals surface area contributed by atoms with Crippen LogP contribution in [0.15, 0.2) is 36.4 Å². The van der Waals surface area contributed by atoms with Gasteiger partial charge in [0.1, 0.15) is 5.69 Å². The Balaban J connectivity index is 2.12. The van der Waals surface area contributed by atoms with Crippen LogP contribution in [0, 0.1) is 24.0 Å². The summed E-state index contributed by atoms with van der Waals surface area (Å²) >= 11 is 5.10. The molecule has 0 saturated heterocycles. The number of benzene rings is 2. The van der Waals surface area contributed by atoms with Crippen molar-refractivity contribution in [1.82, 2.24) is 5.43 Å². The van der Waals surface area contributed by atoms with Gasteiger partial charge in [-0.15, -0.1) is 0 Å². The maximum atomic E-state index is 12.7. The molecule has 26 heavy (non-hydrogen) atoms. The minimum absolute atomic E-state index is 0.105. The standard InChI is InChI=1S/C16H15F3N4O2S/c1-9-4-3-5-12(10(9)2)20-15(26)22-21-13-7-6-11(16(17,18)19)8-14(13)23(24)25/h3-8,21H,1-2H3,(H2,20,22,26). The number of nitrogens with zero attached hydrogens (tertiary/aromatic N) is 1. The smallest absolute Gasteiger partial charge is 0.331 e. The van der Waals surface area contributed by atoms with Crippen molar-refractivity contribution in [3.63, 3.8) is 0 Å². The lowest BCUT2D eigenvalue weighted by atomic mass is 10.1. The average Bonchev–Trinajstić information content (AvgIpc) is 2.56. The number of hydrazine groups is 1. The summed E-state index contributed by atoms with van der Waals surface area (Å²) in [5, 5.41) is 14.1. The van der Waals surface area contributed by atoms with Crippen LogP contribution in [0.4, 0.5) is 30.2 Å². The SMILES string of the molecule is Cc1cccc(NC(=S)NNc2ccc(C(F)(F)F)cc2[N+](=O)[O-])c1C. The number of nitro benzene ring substituents is 1. The van der Waals surface area contributed by atoms with Gasteiger partial charge in [-0.3, -0.25) is 21.0 Å². The molecule has 0 spiro atoms. The van der Waals surface area contributed by atoms with Gasteiger partial charge in [-0.05, 0) is 55.4 Å². The predicted molar refractivity (Wildman–Crippen MR) is 97.0 cm³/mol. The Bertz CT molecular complexity index is 856. The molecule has 0 fully saturated rings. The van der Waals surface area contributed by atoms with Crippen molar-refractivity contribution in [3.05, 3.63) is 63.2 Å². The molecule has 0 aliphatic heterocycles. The normalized spacial score (nSPS) is 11.0. The number of rotatable bonds is 4. The Morgan fingerprint density at radius 1 is 1.15 bits per heavy atom. The molecular weight excluding hydrogens is 369 g/mol. The van der Waals surface area contributed by atoms with E-state index < -0.39 is 22.4 Å². The highest BCUT2D eigenvalue weighted by atomic mass is 32.1. The van der Waals surface area contributed by atoms with Crippen LogP contribution >= 0.6 is 12.2 Å². The zero-order valence-electron chi connectivity index (χ0n) is 13.8. The van der Waals surface area contributed by atoms with Crippen LogP contribution in [0.3, 0.4) is 0 Å². The lowest BCUT2D eigenvalue weighted by Crippen LogP contribution is -2.33. The largest absolute Gasteiger partial charge is 0.416 e. The number of nitrogens with one attached hydrogen (secondary N) is 3. The lowest BCUT2D eigenvalue weighted by molar-refractivity contribution is -0.384. The van der Waals surface area contributed by atoms with Crippen LogP contribution in [0.5, 0.6) is 0 Å². The van der Waals surface area contributed by atoms with E-state index in [-0.39, 0.29) is 10.8 Å². The number of anilines is 2. The number of hydrogen-bond donors (Lipinski definition) is 3. The minimum Gasteiger partial charge on any atom is -0.331 e. The van der Waals surface area contributed by atoms with Gasteiger partial charge < -0.3 is 5.32 Å². The molecule has 2 aromatic carbocycles. The number of aryl methyl sites for hydroxylation is 1. The van der Waals surface area contributed by atoms with E-state index in [1.165, 1.54) is 0 Å². The first-order valence-electron chi connectivity index (χ1n) is 7.34. The average molecular weight is 384 g/mol. The highest BCUT2D eigenvalue weighted by Gasteiger charge is 2.33. The van der Waals surface area contributed by atoms with E-state index in [1.54, 1.807) is 6.07 Å². The van der Waals surface area contributed by atoms with Crippen LogP contribution in [-0.2, 0) is 6.18 Å². The van der Waals surface area contributed by atoms with Crippen molar-refractivity contribution < 1.29 is 18.1 Å². The third-order valence-electron chi connectivity index (χ3n) is 3.69. The van der Waals surface area contributed by atoms with E-state index >= 15 is 0 Å². The number of halogens is 3. The molecular formula is C16H15F3N4O2S. The maximum absolute atomic E-state index is 12.7. The van der Waals surface area contributed by atoms with Crippen LogP contribution in [0.2, 0.25) is 0 Å². The first-order chi connectivity index (χ1) is 12.1. The highest BCUT2D eigenvalue weighted by Crippen LogP contribution is 2.34. The summed E-state index contributed by atoms with van der Waals surface area (Å²) in [4.78, 5) is 10.1. The summed E-state index contributed by atoms with van der Waals surface area (Å²) in [5.74, 6) is 0. The van der Waals surface area contributed by atoms with E-state index in [2.05, 4.69) is 16.2 Å². The Labute approximate surface area is 152 Å². The van der Waals surface area contributed by atoms with Crippen molar-refractivity contribution in [3.8, 4) is 0 Å². The van der Waals surface area contributed by atoms with Gasteiger partial charge in [-0.25, -0.2) is 0 Å². The second kappa shape index (κ2) is 7.56. The molecule has 2 aromatic rings. The molecule has 6 nitrogen and oxygen atoms in total. The van der Waals surface area contributed by atoms with Crippen LogP contribution in [0.25, 0.3) is 0 Å². The zero-order valence-corrected chi connectivity index (χ0v) is 14.6. The fourth-order valence-corrected chi connectivity index (χ4v) is 2.29. The summed E-state index contributed by atoms with van der Waals surface area (Å²) in [7, 11) is 0. The summed E-state index contributed by atoms with van der Waals surface area (Å²) in [6, 6.07) is 7.75. The maximum Gasteiger partial charge on any atom is 0.416 e. The fourth-order valence-electron chi connectivity index (χ4n) is 2.13. The molecule has 0 bridgehead atoms. The predicted octanol–water partition coefficient (Wildman–Crippen LogP) is 4.54. The van der Waals surface area contributed by atoms with Gasteiger partial charge in [0.2, 0.25) is 0 Å². The van der Waals surface area contributed by atoms with Crippen molar-refractivity contribution in [2.75, 3.05) is 10.7 Å². The van der Waals surface area contributed by atoms with Gasteiger partial charge >= 0.3 is 6.18 Å². The van der Waals surface area contributed by atoms with E-state index in [9.17, 15) is 23.3 Å². The zero-order chi connectivity index (χ0) is 19.5. The lowest BCUT2D eigenvalue weighted by Gasteiger charge is -2.15. The second-order valence-corrected chi connectivity index (χ2v) is 5.85. The molecule has 0 aliphatic carbocycles.